The Labute approximate surface area is 187 Å². The summed E-state index contributed by atoms with van der Waals surface area (Å²) < 4.78 is 17.4. The van der Waals surface area contributed by atoms with Gasteiger partial charge in [0, 0.05) is 22.1 Å². The van der Waals surface area contributed by atoms with E-state index in [4.69, 9.17) is 14.2 Å². The number of methoxy groups -OCH3 is 2. The summed E-state index contributed by atoms with van der Waals surface area (Å²) in [7, 11) is 3.26. The van der Waals surface area contributed by atoms with E-state index in [0.717, 1.165) is 40.1 Å². The second kappa shape index (κ2) is 11.2. The number of rotatable bonds is 10. The van der Waals surface area contributed by atoms with Crippen LogP contribution >= 0.6 is 15.9 Å². The van der Waals surface area contributed by atoms with Crippen LogP contribution in [-0.4, -0.2) is 38.8 Å². The molecule has 2 aromatic carbocycles. The molecule has 0 unspecified atom stereocenters. The standard InChI is InChI=1S/C23H31BrN2O4/c1-23(2,3)26-22(27)15-30-19-9-7-18(24)13-17(19)14-25-11-10-16-6-8-20(28-4)21(12-16)29-5/h6-9,12-13,25H,10-11,14-15H2,1-5H3,(H,26,27). The maximum Gasteiger partial charge on any atom is 0.258 e. The molecule has 0 spiro atoms. The van der Waals surface area contributed by atoms with Gasteiger partial charge in [0.1, 0.15) is 5.75 Å². The van der Waals surface area contributed by atoms with Crippen molar-refractivity contribution in [3.63, 3.8) is 0 Å². The van der Waals surface area contributed by atoms with E-state index in [9.17, 15) is 4.79 Å². The monoisotopic (exact) mass is 478 g/mol. The molecule has 2 aromatic rings. The van der Waals surface area contributed by atoms with Crippen molar-refractivity contribution in [1.82, 2.24) is 10.6 Å². The lowest BCUT2D eigenvalue weighted by Gasteiger charge is -2.21. The van der Waals surface area contributed by atoms with Gasteiger partial charge in [0.15, 0.2) is 18.1 Å². The molecule has 164 valence electrons. The molecule has 0 heterocycles. The first kappa shape index (κ1) is 24.0. The summed E-state index contributed by atoms with van der Waals surface area (Å²) >= 11 is 3.50. The smallest absolute Gasteiger partial charge is 0.258 e. The van der Waals surface area contributed by atoms with Gasteiger partial charge in [-0.3, -0.25) is 4.79 Å². The SMILES string of the molecule is COc1ccc(CCNCc2cc(Br)ccc2OCC(=O)NC(C)(C)C)cc1OC. The highest BCUT2D eigenvalue weighted by atomic mass is 79.9. The number of hydrogen-bond donors (Lipinski definition) is 2. The van der Waals surface area contributed by atoms with Crippen LogP contribution < -0.4 is 24.8 Å². The lowest BCUT2D eigenvalue weighted by Crippen LogP contribution is -2.43. The van der Waals surface area contributed by atoms with Crippen molar-refractivity contribution in [2.75, 3.05) is 27.4 Å². The Morgan fingerprint density at radius 2 is 1.70 bits per heavy atom. The van der Waals surface area contributed by atoms with E-state index in [1.54, 1.807) is 14.2 Å². The van der Waals surface area contributed by atoms with Gasteiger partial charge in [-0.2, -0.15) is 0 Å². The zero-order chi connectivity index (χ0) is 22.1. The van der Waals surface area contributed by atoms with Crippen LogP contribution in [-0.2, 0) is 17.8 Å². The minimum atomic E-state index is -0.283. The van der Waals surface area contributed by atoms with Crippen molar-refractivity contribution < 1.29 is 19.0 Å². The lowest BCUT2D eigenvalue weighted by molar-refractivity contribution is -0.124. The summed E-state index contributed by atoms with van der Waals surface area (Å²) in [5.74, 6) is 2.01. The molecule has 7 heteroatoms. The molecule has 1 amide bonds. The molecular weight excluding hydrogens is 448 g/mol. The molecular formula is C23H31BrN2O4. The summed E-state index contributed by atoms with van der Waals surface area (Å²) in [4.78, 5) is 12.0. The highest BCUT2D eigenvalue weighted by Gasteiger charge is 2.15. The van der Waals surface area contributed by atoms with Crippen molar-refractivity contribution in [1.29, 1.82) is 0 Å². The molecule has 0 aliphatic rings. The van der Waals surface area contributed by atoms with Crippen molar-refractivity contribution >= 4 is 21.8 Å². The molecule has 0 saturated carbocycles. The van der Waals surface area contributed by atoms with Crippen LogP contribution in [0, 0.1) is 0 Å². The molecule has 2 rings (SSSR count). The predicted octanol–water partition coefficient (Wildman–Crippen LogP) is 4.09. The minimum absolute atomic E-state index is 0.0163. The second-order valence-electron chi connectivity index (χ2n) is 7.96. The molecule has 0 atom stereocenters. The van der Waals surface area contributed by atoms with Gasteiger partial charge in [-0.05, 0) is 69.6 Å². The van der Waals surface area contributed by atoms with Crippen LogP contribution in [0.3, 0.4) is 0 Å². The average Bonchev–Trinajstić information content (AvgIpc) is 2.69. The zero-order valence-electron chi connectivity index (χ0n) is 18.3. The van der Waals surface area contributed by atoms with Crippen LogP contribution in [0.4, 0.5) is 0 Å². The lowest BCUT2D eigenvalue weighted by atomic mass is 10.1. The molecule has 6 nitrogen and oxygen atoms in total. The Morgan fingerprint density at radius 1 is 1.00 bits per heavy atom. The minimum Gasteiger partial charge on any atom is -0.493 e. The predicted molar refractivity (Wildman–Crippen MR) is 122 cm³/mol. The molecule has 0 saturated heterocycles. The number of hydrogen-bond acceptors (Lipinski definition) is 5. The van der Waals surface area contributed by atoms with Gasteiger partial charge in [-0.25, -0.2) is 0 Å². The van der Waals surface area contributed by atoms with Crippen LogP contribution in [0.1, 0.15) is 31.9 Å². The number of benzene rings is 2. The molecule has 0 bridgehead atoms. The van der Waals surface area contributed by atoms with Gasteiger partial charge in [-0.1, -0.05) is 22.0 Å². The highest BCUT2D eigenvalue weighted by Crippen LogP contribution is 2.27. The number of amides is 1. The van der Waals surface area contributed by atoms with E-state index in [2.05, 4.69) is 26.6 Å². The fourth-order valence-electron chi connectivity index (χ4n) is 2.92. The Kier molecular flexibility index (Phi) is 8.99. The molecule has 0 radical (unpaired) electrons. The van der Waals surface area contributed by atoms with E-state index in [-0.39, 0.29) is 18.1 Å². The van der Waals surface area contributed by atoms with Crippen molar-refractivity contribution in [3.05, 3.63) is 52.0 Å². The molecule has 0 aliphatic heterocycles. The number of halogens is 1. The first-order valence-electron chi connectivity index (χ1n) is 9.85. The quantitative estimate of drug-likeness (QED) is 0.503. The summed E-state index contributed by atoms with van der Waals surface area (Å²) in [6.45, 7) is 7.22. The van der Waals surface area contributed by atoms with Gasteiger partial charge in [-0.15, -0.1) is 0 Å². The van der Waals surface area contributed by atoms with E-state index in [1.807, 2.05) is 57.2 Å². The number of ether oxygens (including phenoxy) is 3. The topological polar surface area (TPSA) is 68.8 Å². The van der Waals surface area contributed by atoms with Crippen LogP contribution in [0.25, 0.3) is 0 Å². The van der Waals surface area contributed by atoms with Crippen LogP contribution in [0.5, 0.6) is 17.2 Å². The Bertz CT molecular complexity index is 850. The van der Waals surface area contributed by atoms with Gasteiger partial charge >= 0.3 is 0 Å². The summed E-state index contributed by atoms with van der Waals surface area (Å²) in [5.41, 5.74) is 1.86. The number of carbonyl (C=O) groups is 1. The zero-order valence-corrected chi connectivity index (χ0v) is 19.9. The summed E-state index contributed by atoms with van der Waals surface area (Å²) in [6, 6.07) is 11.7. The Balaban J connectivity index is 1.90. The van der Waals surface area contributed by atoms with E-state index in [0.29, 0.717) is 12.3 Å². The van der Waals surface area contributed by atoms with E-state index in [1.165, 1.54) is 0 Å². The first-order valence-corrected chi connectivity index (χ1v) is 10.6. The Morgan fingerprint density at radius 3 is 2.37 bits per heavy atom. The van der Waals surface area contributed by atoms with Crippen molar-refractivity contribution in [3.8, 4) is 17.2 Å². The van der Waals surface area contributed by atoms with E-state index >= 15 is 0 Å². The molecule has 0 fully saturated rings. The summed E-state index contributed by atoms with van der Waals surface area (Å²) in [6.07, 6.45) is 0.846. The average molecular weight is 479 g/mol. The summed E-state index contributed by atoms with van der Waals surface area (Å²) in [5, 5.41) is 6.34. The van der Waals surface area contributed by atoms with Gasteiger partial charge in [0.05, 0.1) is 14.2 Å². The highest BCUT2D eigenvalue weighted by molar-refractivity contribution is 9.10. The van der Waals surface area contributed by atoms with Gasteiger partial charge < -0.3 is 24.8 Å². The largest absolute Gasteiger partial charge is 0.493 e. The van der Waals surface area contributed by atoms with E-state index < -0.39 is 0 Å². The van der Waals surface area contributed by atoms with Crippen LogP contribution in [0.2, 0.25) is 0 Å². The van der Waals surface area contributed by atoms with Crippen molar-refractivity contribution in [2.24, 2.45) is 0 Å². The third kappa shape index (κ3) is 7.88. The van der Waals surface area contributed by atoms with Gasteiger partial charge in [0.2, 0.25) is 0 Å². The maximum absolute atomic E-state index is 12.0. The molecule has 2 N–H and O–H groups in total. The third-order valence-electron chi connectivity index (χ3n) is 4.25. The maximum atomic E-state index is 12.0. The van der Waals surface area contributed by atoms with Gasteiger partial charge in [0.25, 0.3) is 5.91 Å². The molecule has 30 heavy (non-hydrogen) atoms. The normalized spacial score (nSPS) is 11.1. The van der Waals surface area contributed by atoms with Crippen LogP contribution in [0.15, 0.2) is 40.9 Å². The molecule has 0 aromatic heterocycles. The first-order chi connectivity index (χ1) is 14.2. The second-order valence-corrected chi connectivity index (χ2v) is 8.87. The van der Waals surface area contributed by atoms with Crippen molar-refractivity contribution in [2.45, 2.75) is 39.3 Å². The third-order valence-corrected chi connectivity index (χ3v) is 4.74. The number of carbonyl (C=O) groups excluding carboxylic acids is 1. The fraction of sp³-hybridized carbons (Fsp3) is 0.435. The molecule has 0 aliphatic carbocycles. The fourth-order valence-corrected chi connectivity index (χ4v) is 3.33. The Hall–Kier alpha value is -2.25. The number of nitrogens with one attached hydrogen (secondary N) is 2.